The van der Waals surface area contributed by atoms with Crippen molar-refractivity contribution in [2.75, 3.05) is 13.6 Å². The Balaban J connectivity index is 2.28. The number of aromatic nitrogens is 1. The highest BCUT2D eigenvalue weighted by Gasteiger charge is 2.00. The van der Waals surface area contributed by atoms with E-state index in [0.717, 1.165) is 18.8 Å². The van der Waals surface area contributed by atoms with Crippen LogP contribution in [0.2, 0.25) is 0 Å². The van der Waals surface area contributed by atoms with Crippen LogP contribution in [0.15, 0.2) is 10.9 Å². The van der Waals surface area contributed by atoms with Gasteiger partial charge in [-0.2, -0.15) is 5.26 Å². The topological polar surface area (TPSA) is 39.9 Å². The van der Waals surface area contributed by atoms with Crippen molar-refractivity contribution < 1.29 is 0 Å². The molecule has 0 N–H and O–H groups in total. The highest BCUT2D eigenvalue weighted by atomic mass is 32.1. The Morgan fingerprint density at radius 3 is 3.17 bits per heavy atom. The first-order chi connectivity index (χ1) is 5.83. The van der Waals surface area contributed by atoms with Gasteiger partial charge in [0.2, 0.25) is 0 Å². The summed E-state index contributed by atoms with van der Waals surface area (Å²) in [4.78, 5) is 6.25. The number of nitriles is 1. The summed E-state index contributed by atoms with van der Waals surface area (Å²) in [6.07, 6.45) is 0.584. The lowest BCUT2D eigenvalue weighted by molar-refractivity contribution is 0.331. The largest absolute Gasteiger partial charge is 0.299 e. The van der Waals surface area contributed by atoms with Crippen molar-refractivity contribution in [3.05, 3.63) is 16.6 Å². The second-order valence-corrected chi connectivity index (χ2v) is 3.34. The van der Waals surface area contributed by atoms with Crippen LogP contribution in [0.4, 0.5) is 0 Å². The molecule has 0 aliphatic carbocycles. The zero-order valence-corrected chi connectivity index (χ0v) is 7.84. The van der Waals surface area contributed by atoms with Crippen LogP contribution in [0, 0.1) is 11.3 Å². The molecule has 3 nitrogen and oxygen atoms in total. The molecule has 1 heterocycles. The van der Waals surface area contributed by atoms with E-state index in [0.29, 0.717) is 6.42 Å². The molecule has 0 aliphatic heterocycles. The van der Waals surface area contributed by atoms with Crippen LogP contribution in [0.3, 0.4) is 0 Å². The van der Waals surface area contributed by atoms with Crippen molar-refractivity contribution in [1.82, 2.24) is 9.88 Å². The van der Waals surface area contributed by atoms with Gasteiger partial charge < -0.3 is 0 Å². The van der Waals surface area contributed by atoms with Gasteiger partial charge in [-0.25, -0.2) is 4.98 Å². The van der Waals surface area contributed by atoms with Gasteiger partial charge in [-0.3, -0.25) is 4.90 Å². The third-order valence-corrected chi connectivity index (χ3v) is 2.16. The molecule has 0 unspecified atom stereocenters. The molecule has 0 fully saturated rings. The number of hydrogen-bond donors (Lipinski definition) is 0. The molecule has 0 aliphatic rings. The summed E-state index contributed by atoms with van der Waals surface area (Å²) in [6, 6.07) is 2.12. The van der Waals surface area contributed by atoms with Crippen molar-refractivity contribution >= 4 is 11.3 Å². The summed E-state index contributed by atoms with van der Waals surface area (Å²) >= 11 is 1.60. The molecule has 0 aromatic carbocycles. The maximum absolute atomic E-state index is 8.35. The second kappa shape index (κ2) is 4.86. The first-order valence-electron chi connectivity index (χ1n) is 3.75. The van der Waals surface area contributed by atoms with Gasteiger partial charge in [0.25, 0.3) is 0 Å². The minimum Gasteiger partial charge on any atom is -0.299 e. The molecular weight excluding hydrogens is 170 g/mol. The lowest BCUT2D eigenvalue weighted by Crippen LogP contribution is -2.18. The number of thiazole rings is 1. The van der Waals surface area contributed by atoms with Gasteiger partial charge in [0, 0.05) is 24.9 Å². The Labute approximate surface area is 76.3 Å². The first kappa shape index (κ1) is 9.17. The van der Waals surface area contributed by atoms with E-state index in [-0.39, 0.29) is 0 Å². The molecule has 0 bridgehead atoms. The molecule has 0 saturated heterocycles. The highest BCUT2D eigenvalue weighted by molar-refractivity contribution is 7.07. The van der Waals surface area contributed by atoms with Crippen molar-refractivity contribution in [3.8, 4) is 6.07 Å². The van der Waals surface area contributed by atoms with Gasteiger partial charge in [0.15, 0.2) is 0 Å². The Morgan fingerprint density at radius 2 is 2.58 bits per heavy atom. The van der Waals surface area contributed by atoms with Crippen LogP contribution in [-0.2, 0) is 6.54 Å². The number of hydrogen-bond acceptors (Lipinski definition) is 4. The van der Waals surface area contributed by atoms with Gasteiger partial charge in [0.1, 0.15) is 0 Å². The minimum absolute atomic E-state index is 0.584. The average molecular weight is 181 g/mol. The third kappa shape index (κ3) is 2.99. The molecule has 0 atom stereocenters. The van der Waals surface area contributed by atoms with E-state index in [1.807, 2.05) is 17.9 Å². The normalized spacial score (nSPS) is 10.1. The predicted octanol–water partition coefficient (Wildman–Crippen LogP) is 1.49. The van der Waals surface area contributed by atoms with Crippen LogP contribution in [0.1, 0.15) is 12.1 Å². The monoisotopic (exact) mass is 181 g/mol. The molecular formula is C8H11N3S. The van der Waals surface area contributed by atoms with Crippen molar-refractivity contribution in [1.29, 1.82) is 5.26 Å². The maximum Gasteiger partial charge on any atom is 0.0795 e. The van der Waals surface area contributed by atoms with E-state index in [1.54, 1.807) is 11.3 Å². The fourth-order valence-corrected chi connectivity index (χ4v) is 1.46. The van der Waals surface area contributed by atoms with Crippen LogP contribution in [0.5, 0.6) is 0 Å². The summed E-state index contributed by atoms with van der Waals surface area (Å²) in [5, 5.41) is 10.4. The van der Waals surface area contributed by atoms with Crippen molar-refractivity contribution in [2.24, 2.45) is 0 Å². The van der Waals surface area contributed by atoms with Crippen LogP contribution in [-0.4, -0.2) is 23.5 Å². The fourth-order valence-electron chi connectivity index (χ4n) is 0.912. The summed E-state index contributed by atoms with van der Waals surface area (Å²) < 4.78 is 0. The van der Waals surface area contributed by atoms with Crippen LogP contribution >= 0.6 is 11.3 Å². The van der Waals surface area contributed by atoms with Gasteiger partial charge in [-0.05, 0) is 7.05 Å². The third-order valence-electron chi connectivity index (χ3n) is 1.52. The Hall–Kier alpha value is -0.920. The summed E-state index contributed by atoms with van der Waals surface area (Å²) in [5.41, 5.74) is 2.91. The van der Waals surface area contributed by atoms with Gasteiger partial charge in [-0.15, -0.1) is 11.3 Å². The molecule has 0 spiro atoms. The highest BCUT2D eigenvalue weighted by Crippen LogP contribution is 2.03. The van der Waals surface area contributed by atoms with E-state index < -0.39 is 0 Å². The molecule has 0 amide bonds. The molecule has 1 aromatic rings. The van der Waals surface area contributed by atoms with E-state index in [2.05, 4.69) is 16.0 Å². The van der Waals surface area contributed by atoms with E-state index in [4.69, 9.17) is 5.26 Å². The molecule has 1 rings (SSSR count). The van der Waals surface area contributed by atoms with Crippen LogP contribution < -0.4 is 0 Å². The Bertz CT molecular complexity index is 250. The summed E-state index contributed by atoms with van der Waals surface area (Å²) in [5.74, 6) is 0. The number of rotatable bonds is 4. The lowest BCUT2D eigenvalue weighted by Gasteiger charge is -2.12. The first-order valence-corrected chi connectivity index (χ1v) is 4.70. The van der Waals surface area contributed by atoms with Gasteiger partial charge >= 0.3 is 0 Å². The molecule has 4 heteroatoms. The van der Waals surface area contributed by atoms with Gasteiger partial charge in [0.05, 0.1) is 17.3 Å². The standard InChI is InChI=1S/C8H11N3S/c1-11(4-2-3-9)5-8-6-12-7-10-8/h6-7H,2,4-5H2,1H3. The van der Waals surface area contributed by atoms with E-state index in [9.17, 15) is 0 Å². The second-order valence-electron chi connectivity index (χ2n) is 2.63. The van der Waals surface area contributed by atoms with Crippen molar-refractivity contribution in [2.45, 2.75) is 13.0 Å². The zero-order valence-electron chi connectivity index (χ0n) is 7.03. The zero-order chi connectivity index (χ0) is 8.81. The lowest BCUT2D eigenvalue weighted by atomic mass is 10.4. The van der Waals surface area contributed by atoms with E-state index >= 15 is 0 Å². The quantitative estimate of drug-likeness (QED) is 0.706. The fraction of sp³-hybridized carbons (Fsp3) is 0.500. The molecule has 1 aromatic heterocycles. The number of nitrogens with zero attached hydrogens (tertiary/aromatic N) is 3. The maximum atomic E-state index is 8.35. The average Bonchev–Trinajstić information content (AvgIpc) is 2.53. The predicted molar refractivity (Wildman–Crippen MR) is 48.7 cm³/mol. The minimum atomic E-state index is 0.584. The molecule has 64 valence electrons. The Kier molecular flexibility index (Phi) is 3.71. The SMILES string of the molecule is CN(CCC#N)Cc1cscn1. The molecule has 12 heavy (non-hydrogen) atoms. The summed E-state index contributed by atoms with van der Waals surface area (Å²) in [6.45, 7) is 1.65. The van der Waals surface area contributed by atoms with E-state index in [1.165, 1.54) is 0 Å². The summed E-state index contributed by atoms with van der Waals surface area (Å²) in [7, 11) is 2.00. The smallest absolute Gasteiger partial charge is 0.0795 e. The molecule has 0 radical (unpaired) electrons. The van der Waals surface area contributed by atoms with Gasteiger partial charge in [-0.1, -0.05) is 0 Å². The van der Waals surface area contributed by atoms with Crippen molar-refractivity contribution in [3.63, 3.8) is 0 Å². The Morgan fingerprint density at radius 1 is 1.75 bits per heavy atom. The molecule has 0 saturated carbocycles. The van der Waals surface area contributed by atoms with Crippen LogP contribution in [0.25, 0.3) is 0 Å².